The number of sulfone groups is 1. The number of hydrogen-bond donors (Lipinski definition) is 1. The second kappa shape index (κ2) is 7.64. The van der Waals surface area contributed by atoms with Crippen molar-refractivity contribution in [2.24, 2.45) is 0 Å². The summed E-state index contributed by atoms with van der Waals surface area (Å²) in [5, 5.41) is 3.13. The van der Waals surface area contributed by atoms with Gasteiger partial charge in [-0.1, -0.05) is 29.8 Å². The van der Waals surface area contributed by atoms with Gasteiger partial charge in [-0.15, -0.1) is 12.4 Å². The van der Waals surface area contributed by atoms with Crippen molar-refractivity contribution in [3.05, 3.63) is 35.4 Å². The molecule has 130 valence electrons. The van der Waals surface area contributed by atoms with Gasteiger partial charge in [-0.05, 0) is 38.4 Å². The fraction of sp³-hybridized carbons (Fsp3) is 0.562. The Labute approximate surface area is 144 Å². The number of amides is 1. The lowest BCUT2D eigenvalue weighted by Crippen LogP contribution is -2.57. The van der Waals surface area contributed by atoms with E-state index in [9.17, 15) is 13.2 Å². The molecule has 1 amide bonds. The average Bonchev–Trinajstić information content (AvgIpc) is 2.46. The third kappa shape index (κ3) is 4.25. The number of nitrogens with zero attached hydrogens (tertiary/aromatic N) is 1. The number of piperidine rings is 1. The predicted molar refractivity (Wildman–Crippen MR) is 94.6 cm³/mol. The Balaban J connectivity index is 0.00000264. The lowest BCUT2D eigenvalue weighted by molar-refractivity contribution is -0.134. The number of hydrogen-bond acceptors (Lipinski definition) is 4. The first-order chi connectivity index (χ1) is 10.3. The maximum atomic E-state index is 12.9. The van der Waals surface area contributed by atoms with E-state index in [4.69, 9.17) is 0 Å². The molecule has 1 heterocycles. The molecule has 0 spiro atoms. The Morgan fingerprint density at radius 3 is 2.43 bits per heavy atom. The third-order valence-corrected chi connectivity index (χ3v) is 6.36. The molecular formula is C16H25ClN2O3S. The van der Waals surface area contributed by atoms with Crippen LogP contribution in [0.5, 0.6) is 0 Å². The Hall–Kier alpha value is -1.11. The van der Waals surface area contributed by atoms with Crippen LogP contribution in [-0.2, 0) is 21.2 Å². The molecule has 1 aromatic rings. The summed E-state index contributed by atoms with van der Waals surface area (Å²) < 4.78 is 23.3. The van der Waals surface area contributed by atoms with Crippen LogP contribution in [0.25, 0.3) is 0 Å². The summed E-state index contributed by atoms with van der Waals surface area (Å²) in [6.07, 6.45) is 1.85. The Morgan fingerprint density at radius 2 is 1.91 bits per heavy atom. The standard InChI is InChI=1S/C16H24N2O3S.ClH/c1-13-5-4-6-14(11-13)12-18(2)15(19)16(22(3,20)21)7-9-17-10-8-16;/h4-6,11,17H,7-10,12H2,1-3H3;1H. The summed E-state index contributed by atoms with van der Waals surface area (Å²) in [6.45, 7) is 3.52. The molecule has 1 fully saturated rings. The largest absolute Gasteiger partial charge is 0.340 e. The highest BCUT2D eigenvalue weighted by molar-refractivity contribution is 7.92. The van der Waals surface area contributed by atoms with E-state index in [0.717, 1.165) is 11.1 Å². The Kier molecular flexibility index (Phi) is 6.62. The van der Waals surface area contributed by atoms with Crippen LogP contribution in [-0.4, -0.2) is 50.4 Å². The van der Waals surface area contributed by atoms with Crippen LogP contribution in [0.15, 0.2) is 24.3 Å². The fourth-order valence-corrected chi connectivity index (χ4v) is 4.50. The first-order valence-electron chi connectivity index (χ1n) is 7.48. The van der Waals surface area contributed by atoms with Gasteiger partial charge in [0.2, 0.25) is 5.91 Å². The zero-order valence-corrected chi connectivity index (χ0v) is 15.5. The van der Waals surface area contributed by atoms with Gasteiger partial charge in [-0.2, -0.15) is 0 Å². The van der Waals surface area contributed by atoms with Crippen LogP contribution in [0.4, 0.5) is 0 Å². The molecule has 1 saturated heterocycles. The molecule has 5 nitrogen and oxygen atoms in total. The van der Waals surface area contributed by atoms with Crippen molar-refractivity contribution in [2.45, 2.75) is 31.1 Å². The van der Waals surface area contributed by atoms with Gasteiger partial charge in [-0.25, -0.2) is 8.42 Å². The van der Waals surface area contributed by atoms with Crippen LogP contribution < -0.4 is 5.32 Å². The molecule has 2 rings (SSSR count). The number of carbonyl (C=O) groups is 1. The number of nitrogens with one attached hydrogen (secondary N) is 1. The van der Waals surface area contributed by atoms with Crippen molar-refractivity contribution in [1.82, 2.24) is 10.2 Å². The average molecular weight is 361 g/mol. The van der Waals surface area contributed by atoms with E-state index in [1.54, 1.807) is 11.9 Å². The second-order valence-electron chi connectivity index (χ2n) is 6.17. The Morgan fingerprint density at radius 1 is 1.30 bits per heavy atom. The molecule has 1 aliphatic heterocycles. The summed E-state index contributed by atoms with van der Waals surface area (Å²) in [5.74, 6) is -0.294. The van der Waals surface area contributed by atoms with Crippen LogP contribution in [0.2, 0.25) is 0 Å². The van der Waals surface area contributed by atoms with Gasteiger partial charge in [0.15, 0.2) is 14.6 Å². The van der Waals surface area contributed by atoms with E-state index in [1.807, 2.05) is 31.2 Å². The summed E-state index contributed by atoms with van der Waals surface area (Å²) >= 11 is 0. The SMILES string of the molecule is Cc1cccc(CN(C)C(=O)C2(S(C)(=O)=O)CCNCC2)c1.Cl. The van der Waals surface area contributed by atoms with Gasteiger partial charge in [0, 0.05) is 19.8 Å². The van der Waals surface area contributed by atoms with Crippen LogP contribution in [0, 0.1) is 6.92 Å². The van der Waals surface area contributed by atoms with Crippen molar-refractivity contribution in [3.63, 3.8) is 0 Å². The topological polar surface area (TPSA) is 66.5 Å². The maximum absolute atomic E-state index is 12.9. The van der Waals surface area contributed by atoms with E-state index in [1.165, 1.54) is 6.26 Å². The molecule has 0 radical (unpaired) electrons. The molecule has 0 saturated carbocycles. The monoisotopic (exact) mass is 360 g/mol. The molecular weight excluding hydrogens is 336 g/mol. The van der Waals surface area contributed by atoms with Gasteiger partial charge in [0.1, 0.15) is 0 Å². The molecule has 1 aromatic carbocycles. The van der Waals surface area contributed by atoms with Crippen LogP contribution >= 0.6 is 12.4 Å². The summed E-state index contributed by atoms with van der Waals surface area (Å²) in [5.41, 5.74) is 2.13. The molecule has 1 N–H and O–H groups in total. The molecule has 0 unspecified atom stereocenters. The van der Waals surface area contributed by atoms with Crippen molar-refractivity contribution in [2.75, 3.05) is 26.4 Å². The van der Waals surface area contributed by atoms with Gasteiger partial charge >= 0.3 is 0 Å². The highest BCUT2D eigenvalue weighted by Gasteiger charge is 2.49. The normalized spacial score (nSPS) is 17.2. The quantitative estimate of drug-likeness (QED) is 0.884. The van der Waals surface area contributed by atoms with Gasteiger partial charge < -0.3 is 10.2 Å². The third-order valence-electron chi connectivity index (χ3n) is 4.36. The van der Waals surface area contributed by atoms with E-state index in [2.05, 4.69) is 5.32 Å². The molecule has 1 aliphatic rings. The van der Waals surface area contributed by atoms with Crippen molar-refractivity contribution in [3.8, 4) is 0 Å². The van der Waals surface area contributed by atoms with Crippen molar-refractivity contribution in [1.29, 1.82) is 0 Å². The maximum Gasteiger partial charge on any atom is 0.244 e. The van der Waals surface area contributed by atoms with E-state index < -0.39 is 14.6 Å². The van der Waals surface area contributed by atoms with Gasteiger partial charge in [0.05, 0.1) is 0 Å². The number of aryl methyl sites for hydroxylation is 1. The lowest BCUT2D eigenvalue weighted by atomic mass is 9.95. The van der Waals surface area contributed by atoms with E-state index in [0.29, 0.717) is 32.5 Å². The first-order valence-corrected chi connectivity index (χ1v) is 9.37. The number of halogens is 1. The molecule has 0 aliphatic carbocycles. The highest BCUT2D eigenvalue weighted by atomic mass is 35.5. The number of carbonyl (C=O) groups excluding carboxylic acids is 1. The summed E-state index contributed by atoms with van der Waals surface area (Å²) in [4.78, 5) is 14.4. The van der Waals surface area contributed by atoms with E-state index >= 15 is 0 Å². The van der Waals surface area contributed by atoms with Crippen LogP contribution in [0.3, 0.4) is 0 Å². The first kappa shape index (κ1) is 19.9. The second-order valence-corrected chi connectivity index (χ2v) is 8.49. The van der Waals surface area contributed by atoms with Gasteiger partial charge in [-0.3, -0.25) is 4.79 Å². The molecule has 0 atom stereocenters. The smallest absolute Gasteiger partial charge is 0.244 e. The van der Waals surface area contributed by atoms with Crippen LogP contribution in [0.1, 0.15) is 24.0 Å². The number of benzene rings is 1. The molecule has 7 heteroatoms. The zero-order valence-electron chi connectivity index (χ0n) is 13.8. The molecule has 0 bridgehead atoms. The lowest BCUT2D eigenvalue weighted by Gasteiger charge is -2.37. The minimum atomic E-state index is -3.46. The molecule has 23 heavy (non-hydrogen) atoms. The highest BCUT2D eigenvalue weighted by Crippen LogP contribution is 2.30. The van der Waals surface area contributed by atoms with Crippen molar-refractivity contribution >= 4 is 28.2 Å². The van der Waals surface area contributed by atoms with Gasteiger partial charge in [0.25, 0.3) is 0 Å². The minimum absolute atomic E-state index is 0. The van der Waals surface area contributed by atoms with Crippen molar-refractivity contribution < 1.29 is 13.2 Å². The summed E-state index contributed by atoms with van der Waals surface area (Å²) in [7, 11) is -1.78. The van der Waals surface area contributed by atoms with E-state index in [-0.39, 0.29) is 18.3 Å². The number of rotatable bonds is 4. The molecule has 0 aromatic heterocycles. The zero-order chi connectivity index (χ0) is 16.4. The minimum Gasteiger partial charge on any atom is -0.340 e. The Bertz CT molecular complexity index is 655. The summed E-state index contributed by atoms with van der Waals surface area (Å²) in [6, 6.07) is 7.90. The predicted octanol–water partition coefficient (Wildman–Crippen LogP) is 1.54. The fourth-order valence-electron chi connectivity index (χ4n) is 3.08.